The van der Waals surface area contributed by atoms with Crippen molar-refractivity contribution in [2.75, 3.05) is 0 Å². The van der Waals surface area contributed by atoms with Crippen molar-refractivity contribution in [2.45, 2.75) is 0 Å². The first-order valence-corrected chi connectivity index (χ1v) is 8.36. The van der Waals surface area contributed by atoms with Crippen LogP contribution in [-0.4, -0.2) is 16.0 Å². The molecule has 0 atom stereocenters. The summed E-state index contributed by atoms with van der Waals surface area (Å²) in [6.45, 7) is 0. The van der Waals surface area contributed by atoms with Gasteiger partial charge in [-0.25, -0.2) is 0 Å². The van der Waals surface area contributed by atoms with Crippen molar-refractivity contribution < 1.29 is 0 Å². The van der Waals surface area contributed by atoms with Gasteiger partial charge in [0.05, 0.1) is 0 Å². The molecule has 0 fully saturated rings. The molecule has 2 heteroatoms. The first-order valence-electron chi connectivity index (χ1n) is 7.42. The first-order chi connectivity index (χ1) is 11.3. The SMILES string of the molecule is N#C[SeH].c1cc2cccc3c4cccc5cccc(c(c1)c23)c54. The van der Waals surface area contributed by atoms with E-state index in [1.54, 1.807) is 21.0 Å². The zero-order valence-electron chi connectivity index (χ0n) is 12.3. The molecule has 0 aliphatic rings. The van der Waals surface area contributed by atoms with Gasteiger partial charge in [0.25, 0.3) is 0 Å². The third kappa shape index (κ3) is 2.06. The Morgan fingerprint density at radius 1 is 0.565 bits per heavy atom. The van der Waals surface area contributed by atoms with Crippen molar-refractivity contribution in [3.63, 3.8) is 0 Å². The average molecular weight is 358 g/mol. The van der Waals surface area contributed by atoms with Gasteiger partial charge in [0.1, 0.15) is 0 Å². The number of hydrogen-bond acceptors (Lipinski definition) is 1. The number of hydrogen-bond donors (Lipinski definition) is 0. The Morgan fingerprint density at radius 2 is 0.826 bits per heavy atom. The smallest absolute Gasteiger partial charge is 0.00264 e. The van der Waals surface area contributed by atoms with Gasteiger partial charge in [-0.2, -0.15) is 0 Å². The van der Waals surface area contributed by atoms with Gasteiger partial charge in [-0.3, -0.25) is 0 Å². The summed E-state index contributed by atoms with van der Waals surface area (Å²) in [4.78, 5) is 1.69. The molecule has 0 aliphatic heterocycles. The van der Waals surface area contributed by atoms with Crippen LogP contribution >= 0.6 is 0 Å². The summed E-state index contributed by atoms with van der Waals surface area (Å²) >= 11 is 1.77. The van der Waals surface area contributed by atoms with E-state index in [2.05, 4.69) is 72.8 Å². The summed E-state index contributed by atoms with van der Waals surface area (Å²) in [6, 6.07) is 26.4. The molecule has 5 aromatic carbocycles. The largest absolute Gasteiger partial charge is 0.0610 e. The molecule has 0 N–H and O–H groups in total. The van der Waals surface area contributed by atoms with Crippen LogP contribution in [0.2, 0.25) is 0 Å². The van der Waals surface area contributed by atoms with Crippen molar-refractivity contribution in [1.29, 1.82) is 5.26 Å². The quantitative estimate of drug-likeness (QED) is 0.214. The Hall–Kier alpha value is -2.59. The monoisotopic (exact) mass is 359 g/mol. The summed E-state index contributed by atoms with van der Waals surface area (Å²) in [5.74, 6) is 0. The third-order valence-corrected chi connectivity index (χ3v) is 4.39. The van der Waals surface area contributed by atoms with Gasteiger partial charge >= 0.3 is 26.2 Å². The molecule has 0 saturated carbocycles. The second-order valence-corrected chi connectivity index (χ2v) is 5.94. The van der Waals surface area contributed by atoms with E-state index in [0.29, 0.717) is 0 Å². The molecule has 0 radical (unpaired) electrons. The fourth-order valence-electron chi connectivity index (χ4n) is 3.58. The maximum atomic E-state index is 7.29. The molecule has 23 heavy (non-hydrogen) atoms. The van der Waals surface area contributed by atoms with Gasteiger partial charge in [-0.15, -0.1) is 0 Å². The topological polar surface area (TPSA) is 23.8 Å². The van der Waals surface area contributed by atoms with E-state index in [1.165, 1.54) is 43.1 Å². The van der Waals surface area contributed by atoms with Crippen LogP contribution in [0.1, 0.15) is 0 Å². The Balaban J connectivity index is 0.000000421. The van der Waals surface area contributed by atoms with Crippen LogP contribution in [0, 0.1) is 10.2 Å². The Kier molecular flexibility index (Phi) is 3.39. The summed E-state index contributed by atoms with van der Waals surface area (Å²) in [6.07, 6.45) is 0. The van der Waals surface area contributed by atoms with Crippen molar-refractivity contribution in [1.82, 2.24) is 0 Å². The number of nitrogens with zero attached hydrogens (tertiary/aromatic N) is 1. The molecule has 0 unspecified atom stereocenters. The van der Waals surface area contributed by atoms with Crippen LogP contribution < -0.4 is 0 Å². The maximum Gasteiger partial charge on any atom is -0.00264 e. The zero-order chi connectivity index (χ0) is 15.8. The number of rotatable bonds is 0. The number of fused-ring (bicyclic) bond motifs is 2. The first kappa shape index (κ1) is 14.0. The molecule has 5 rings (SSSR count). The minimum atomic E-state index is 1.33. The Bertz CT molecular complexity index is 1020. The normalized spacial score (nSPS) is 10.8. The molecule has 1 nitrogen and oxygen atoms in total. The fraction of sp³-hybridized carbons (Fsp3) is 0. The minimum Gasteiger partial charge on any atom is -0.0610 e. The van der Waals surface area contributed by atoms with E-state index >= 15 is 0 Å². The molecule has 0 amide bonds. The molecule has 108 valence electrons. The number of nitriles is 1. The molecular weight excluding hydrogens is 345 g/mol. The van der Waals surface area contributed by atoms with E-state index in [4.69, 9.17) is 5.26 Å². The summed E-state index contributed by atoms with van der Waals surface area (Å²) in [5, 5.41) is 18.2. The minimum absolute atomic E-state index is 1.33. The van der Waals surface area contributed by atoms with Crippen molar-refractivity contribution >= 4 is 59.1 Å². The van der Waals surface area contributed by atoms with E-state index < -0.39 is 0 Å². The van der Waals surface area contributed by atoms with Crippen molar-refractivity contribution in [2.24, 2.45) is 0 Å². The summed E-state index contributed by atoms with van der Waals surface area (Å²) in [5.41, 5.74) is 0. The van der Waals surface area contributed by atoms with E-state index in [9.17, 15) is 0 Å². The standard InChI is InChI=1S/C20H12.CHNSe/c1-5-13-6-2-11-17-18-12-4-8-14-7-3-10-16(20(14)18)15(9-1)19(13)17;2-1-3/h1-12H;3H. The van der Waals surface area contributed by atoms with Crippen LogP contribution in [0.3, 0.4) is 0 Å². The number of benzene rings is 5. The molecule has 0 spiro atoms. The van der Waals surface area contributed by atoms with Crippen LogP contribution in [-0.2, 0) is 0 Å². The van der Waals surface area contributed by atoms with Crippen LogP contribution in [0.25, 0.3) is 43.1 Å². The van der Waals surface area contributed by atoms with Crippen LogP contribution in [0.5, 0.6) is 0 Å². The second kappa shape index (κ2) is 5.56. The van der Waals surface area contributed by atoms with Gasteiger partial charge in [-0.05, 0) is 43.1 Å². The second-order valence-electron chi connectivity index (χ2n) is 5.52. The van der Waals surface area contributed by atoms with E-state index in [0.717, 1.165) is 0 Å². The molecule has 0 heterocycles. The molecule has 0 bridgehead atoms. The summed E-state index contributed by atoms with van der Waals surface area (Å²) < 4.78 is 0. The van der Waals surface area contributed by atoms with Crippen molar-refractivity contribution in [3.05, 3.63) is 72.8 Å². The molecular formula is C21H13NSe. The average Bonchev–Trinajstić information content (AvgIpc) is 2.60. The predicted octanol–water partition coefficient (Wildman–Crippen LogP) is 5.11. The molecule has 5 aromatic rings. The van der Waals surface area contributed by atoms with Gasteiger partial charge in [0.2, 0.25) is 0 Å². The van der Waals surface area contributed by atoms with Gasteiger partial charge in [0, 0.05) is 0 Å². The fourth-order valence-corrected chi connectivity index (χ4v) is 3.58. The third-order valence-electron chi connectivity index (χ3n) is 4.39. The van der Waals surface area contributed by atoms with Gasteiger partial charge < -0.3 is 0 Å². The zero-order valence-corrected chi connectivity index (χ0v) is 14.2. The van der Waals surface area contributed by atoms with E-state index in [1.807, 2.05) is 0 Å². The Labute approximate surface area is 142 Å². The van der Waals surface area contributed by atoms with Gasteiger partial charge in [0.15, 0.2) is 0 Å². The van der Waals surface area contributed by atoms with Crippen LogP contribution in [0.4, 0.5) is 0 Å². The molecule has 0 saturated heterocycles. The predicted molar refractivity (Wildman–Crippen MR) is 100 cm³/mol. The van der Waals surface area contributed by atoms with Crippen molar-refractivity contribution in [3.8, 4) is 4.97 Å². The Morgan fingerprint density at radius 3 is 1.09 bits per heavy atom. The van der Waals surface area contributed by atoms with E-state index in [-0.39, 0.29) is 0 Å². The summed E-state index contributed by atoms with van der Waals surface area (Å²) in [7, 11) is 0. The molecule has 0 aliphatic carbocycles. The molecule has 0 aromatic heterocycles. The van der Waals surface area contributed by atoms with Gasteiger partial charge in [-0.1, -0.05) is 72.8 Å². The van der Waals surface area contributed by atoms with Crippen LogP contribution in [0.15, 0.2) is 72.8 Å². The maximum absolute atomic E-state index is 7.29.